The molecule has 1 aliphatic rings. The van der Waals surface area contributed by atoms with E-state index in [1.54, 1.807) is 0 Å². The molecule has 118 valence electrons. The fraction of sp³-hybridized carbons (Fsp3) is 0.647. The lowest BCUT2D eigenvalue weighted by atomic mass is 9.97. The molecule has 4 heteroatoms. The van der Waals surface area contributed by atoms with Gasteiger partial charge in [-0.15, -0.1) is 0 Å². The van der Waals surface area contributed by atoms with Crippen LogP contribution in [-0.2, 0) is 0 Å². The van der Waals surface area contributed by atoms with Crippen molar-refractivity contribution in [2.45, 2.75) is 58.2 Å². The van der Waals surface area contributed by atoms with E-state index >= 15 is 0 Å². The van der Waals surface area contributed by atoms with E-state index in [2.05, 4.69) is 18.7 Å². The quantitative estimate of drug-likeness (QED) is 0.901. The molecule has 1 aromatic rings. The monoisotopic (exact) mass is 311 g/mol. The van der Waals surface area contributed by atoms with Crippen molar-refractivity contribution in [3.63, 3.8) is 0 Å². The van der Waals surface area contributed by atoms with Gasteiger partial charge in [0.05, 0.1) is 0 Å². The molecule has 1 heterocycles. The minimum atomic E-state index is -0.469. The van der Waals surface area contributed by atoms with Gasteiger partial charge in [-0.2, -0.15) is 0 Å². The number of likely N-dealkylation sites (tertiary alicyclic amines) is 1. The van der Waals surface area contributed by atoms with E-state index < -0.39 is 6.10 Å². The molecular weight excluding hydrogens is 286 g/mol. The molecule has 3 atom stereocenters. The molecule has 1 aromatic carbocycles. The molecule has 1 fully saturated rings. The average molecular weight is 312 g/mol. The van der Waals surface area contributed by atoms with Crippen molar-refractivity contribution in [3.05, 3.63) is 28.8 Å². The summed E-state index contributed by atoms with van der Waals surface area (Å²) in [6.45, 7) is 7.44. The molecule has 0 unspecified atom stereocenters. The molecule has 1 saturated heterocycles. The summed E-state index contributed by atoms with van der Waals surface area (Å²) < 4.78 is 5.73. The number of halogens is 1. The molecule has 0 amide bonds. The van der Waals surface area contributed by atoms with Gasteiger partial charge in [0.15, 0.2) is 0 Å². The largest absolute Gasteiger partial charge is 0.491 e. The van der Waals surface area contributed by atoms with Crippen LogP contribution in [0.3, 0.4) is 0 Å². The molecular formula is C17H26ClNO2. The number of nitrogens with zero attached hydrogens (tertiary/aromatic N) is 1. The smallest absolute Gasteiger partial charge is 0.122 e. The lowest BCUT2D eigenvalue weighted by Crippen LogP contribution is -2.48. The van der Waals surface area contributed by atoms with E-state index in [9.17, 15) is 5.11 Å². The zero-order valence-electron chi connectivity index (χ0n) is 13.2. The predicted octanol–water partition coefficient (Wildman–Crippen LogP) is 3.65. The van der Waals surface area contributed by atoms with Gasteiger partial charge in [-0.1, -0.05) is 18.0 Å². The van der Waals surface area contributed by atoms with Gasteiger partial charge in [-0.3, -0.25) is 4.90 Å². The average Bonchev–Trinajstić information content (AvgIpc) is 2.42. The number of aryl methyl sites for hydroxylation is 1. The minimum Gasteiger partial charge on any atom is -0.491 e. The maximum atomic E-state index is 10.3. The maximum Gasteiger partial charge on any atom is 0.122 e. The van der Waals surface area contributed by atoms with Crippen LogP contribution in [0.2, 0.25) is 5.02 Å². The van der Waals surface area contributed by atoms with Crippen LogP contribution in [0.25, 0.3) is 0 Å². The summed E-state index contributed by atoms with van der Waals surface area (Å²) in [5, 5.41) is 11.0. The summed E-state index contributed by atoms with van der Waals surface area (Å²) in [4.78, 5) is 2.40. The van der Waals surface area contributed by atoms with Crippen LogP contribution in [0.4, 0.5) is 0 Å². The lowest BCUT2D eigenvalue weighted by Gasteiger charge is -2.40. The van der Waals surface area contributed by atoms with Gasteiger partial charge < -0.3 is 9.84 Å². The fourth-order valence-corrected chi connectivity index (χ4v) is 3.32. The maximum absolute atomic E-state index is 10.3. The molecule has 3 nitrogen and oxygen atoms in total. The van der Waals surface area contributed by atoms with E-state index in [0.717, 1.165) is 11.3 Å². The highest BCUT2D eigenvalue weighted by molar-refractivity contribution is 6.30. The van der Waals surface area contributed by atoms with Gasteiger partial charge in [0.25, 0.3) is 0 Å². The highest BCUT2D eigenvalue weighted by atomic mass is 35.5. The zero-order chi connectivity index (χ0) is 15.4. The van der Waals surface area contributed by atoms with E-state index in [1.165, 1.54) is 19.3 Å². The summed E-state index contributed by atoms with van der Waals surface area (Å²) in [5.74, 6) is 0.790. The van der Waals surface area contributed by atoms with Crippen molar-refractivity contribution in [2.75, 3.05) is 13.2 Å². The Hall–Kier alpha value is -0.770. The predicted molar refractivity (Wildman–Crippen MR) is 87.2 cm³/mol. The standard InChI is InChI=1S/C17H26ClNO2/c1-12-9-15(18)7-8-17(12)21-11-16(20)10-19-13(2)5-4-6-14(19)3/h7-9,13-14,16,20H,4-6,10-11H2,1-3H3/t13-,14-,16-/m0/s1. The third-order valence-corrected chi connectivity index (χ3v) is 4.60. The summed E-state index contributed by atoms with van der Waals surface area (Å²) >= 11 is 5.93. The third kappa shape index (κ3) is 4.60. The number of aliphatic hydroxyl groups is 1. The van der Waals surface area contributed by atoms with Crippen LogP contribution in [0, 0.1) is 6.92 Å². The first-order valence-corrected chi connectivity index (χ1v) is 8.18. The third-order valence-electron chi connectivity index (χ3n) is 4.37. The molecule has 21 heavy (non-hydrogen) atoms. The molecule has 0 radical (unpaired) electrons. The molecule has 0 aromatic heterocycles. The summed E-state index contributed by atoms with van der Waals surface area (Å²) in [7, 11) is 0. The Morgan fingerprint density at radius 1 is 1.33 bits per heavy atom. The molecule has 1 N–H and O–H groups in total. The first kappa shape index (κ1) is 16.6. The van der Waals surface area contributed by atoms with Crippen LogP contribution in [0.15, 0.2) is 18.2 Å². The number of piperidine rings is 1. The number of hydrogen-bond acceptors (Lipinski definition) is 3. The summed E-state index contributed by atoms with van der Waals surface area (Å²) in [6.07, 6.45) is 3.25. The van der Waals surface area contributed by atoms with E-state index in [1.807, 2.05) is 25.1 Å². The van der Waals surface area contributed by atoms with Crippen molar-refractivity contribution >= 4 is 11.6 Å². The van der Waals surface area contributed by atoms with Crippen LogP contribution in [0.5, 0.6) is 5.75 Å². The first-order chi connectivity index (χ1) is 9.97. The van der Waals surface area contributed by atoms with Gasteiger partial charge in [0.1, 0.15) is 18.5 Å². The fourth-order valence-electron chi connectivity index (χ4n) is 3.09. The number of β-amino-alcohol motifs (C(OH)–C–C–N with tert-alkyl or cyclic N) is 1. The van der Waals surface area contributed by atoms with E-state index in [0.29, 0.717) is 30.3 Å². The Bertz CT molecular complexity index is 456. The Kier molecular flexibility index (Phi) is 5.91. The molecule has 0 saturated carbocycles. The van der Waals surface area contributed by atoms with E-state index in [4.69, 9.17) is 16.3 Å². The zero-order valence-corrected chi connectivity index (χ0v) is 13.9. The SMILES string of the molecule is Cc1cc(Cl)ccc1OC[C@@H](O)CN1[C@@H](C)CCC[C@@H]1C. The van der Waals surface area contributed by atoms with Crippen molar-refractivity contribution < 1.29 is 9.84 Å². The normalized spacial score (nSPS) is 24.8. The highest BCUT2D eigenvalue weighted by Crippen LogP contribution is 2.24. The molecule has 0 aliphatic carbocycles. The van der Waals surface area contributed by atoms with Crippen molar-refractivity contribution in [2.24, 2.45) is 0 Å². The van der Waals surface area contributed by atoms with E-state index in [-0.39, 0.29) is 0 Å². The lowest BCUT2D eigenvalue weighted by molar-refractivity contribution is 0.0208. The molecule has 1 aliphatic heterocycles. The van der Waals surface area contributed by atoms with Gasteiger partial charge in [0.2, 0.25) is 0 Å². The van der Waals surface area contributed by atoms with Crippen LogP contribution < -0.4 is 4.74 Å². The van der Waals surface area contributed by atoms with Crippen LogP contribution >= 0.6 is 11.6 Å². The summed E-state index contributed by atoms with van der Waals surface area (Å²) in [5.41, 5.74) is 0.995. The van der Waals surface area contributed by atoms with Crippen molar-refractivity contribution in [1.82, 2.24) is 4.90 Å². The Morgan fingerprint density at radius 2 is 2.00 bits per heavy atom. The molecule has 2 rings (SSSR count). The van der Waals surface area contributed by atoms with Gasteiger partial charge >= 0.3 is 0 Å². The number of rotatable bonds is 5. The Morgan fingerprint density at radius 3 is 2.62 bits per heavy atom. The highest BCUT2D eigenvalue weighted by Gasteiger charge is 2.26. The molecule has 0 spiro atoms. The number of hydrogen-bond donors (Lipinski definition) is 1. The number of ether oxygens (including phenoxy) is 1. The second-order valence-electron chi connectivity index (χ2n) is 6.20. The Balaban J connectivity index is 1.85. The van der Waals surface area contributed by atoms with Gasteiger partial charge in [-0.25, -0.2) is 0 Å². The minimum absolute atomic E-state index is 0.318. The topological polar surface area (TPSA) is 32.7 Å². The van der Waals surface area contributed by atoms with Crippen molar-refractivity contribution in [1.29, 1.82) is 0 Å². The second kappa shape index (κ2) is 7.48. The number of benzene rings is 1. The van der Waals surface area contributed by atoms with Crippen LogP contribution in [0.1, 0.15) is 38.7 Å². The first-order valence-electron chi connectivity index (χ1n) is 7.80. The second-order valence-corrected chi connectivity index (χ2v) is 6.64. The number of aliphatic hydroxyl groups excluding tert-OH is 1. The van der Waals surface area contributed by atoms with Crippen LogP contribution in [-0.4, -0.2) is 41.3 Å². The van der Waals surface area contributed by atoms with Crippen molar-refractivity contribution in [3.8, 4) is 5.75 Å². The summed E-state index contributed by atoms with van der Waals surface area (Å²) in [6, 6.07) is 6.63. The van der Waals surface area contributed by atoms with Gasteiger partial charge in [0, 0.05) is 23.7 Å². The van der Waals surface area contributed by atoms with Gasteiger partial charge in [-0.05, 0) is 57.4 Å². The Labute approximate surface area is 132 Å². The molecule has 0 bridgehead atoms.